The lowest BCUT2D eigenvalue weighted by atomic mass is 10.2. The number of amides is 1. The zero-order valence-corrected chi connectivity index (χ0v) is 17.8. The third kappa shape index (κ3) is 6.25. The lowest BCUT2D eigenvalue weighted by Gasteiger charge is -2.09. The largest absolute Gasteiger partial charge is 0.434 e. The molecule has 0 saturated carbocycles. The molecule has 0 spiro atoms. The van der Waals surface area contributed by atoms with E-state index in [0.717, 1.165) is 6.21 Å². The van der Waals surface area contributed by atoms with Crippen LogP contribution < -0.4 is 14.9 Å². The van der Waals surface area contributed by atoms with E-state index in [1.54, 1.807) is 6.07 Å². The first-order chi connectivity index (χ1) is 15.2. The molecule has 0 aromatic heterocycles. The van der Waals surface area contributed by atoms with Crippen molar-refractivity contribution in [1.82, 2.24) is 5.43 Å². The van der Waals surface area contributed by atoms with Gasteiger partial charge in [0.2, 0.25) is 0 Å². The number of carbonyl (C=O) groups excluding carboxylic acids is 1. The molecule has 3 rings (SSSR count). The van der Waals surface area contributed by atoms with E-state index in [-0.39, 0.29) is 21.8 Å². The zero-order valence-electron chi connectivity index (χ0n) is 16.2. The van der Waals surface area contributed by atoms with Crippen molar-refractivity contribution in [2.45, 2.75) is 11.5 Å². The second kappa shape index (κ2) is 10.2. The number of halogens is 3. The molecule has 0 bridgehead atoms. The summed E-state index contributed by atoms with van der Waals surface area (Å²) in [7, 11) is -3.96. The second-order valence-corrected chi connectivity index (χ2v) is 8.37. The first-order valence-corrected chi connectivity index (χ1v) is 10.9. The van der Waals surface area contributed by atoms with Crippen LogP contribution in [0.5, 0.6) is 5.75 Å². The number of rotatable bonds is 8. The summed E-state index contributed by atoms with van der Waals surface area (Å²) < 4.78 is 56.9. The number of nitrogens with one attached hydrogen (secondary N) is 2. The quantitative estimate of drug-likeness (QED) is 0.367. The van der Waals surface area contributed by atoms with Gasteiger partial charge in [0.05, 0.1) is 11.1 Å². The highest BCUT2D eigenvalue weighted by Gasteiger charge is 2.16. The maximum absolute atomic E-state index is 12.6. The molecule has 0 aliphatic carbocycles. The number of hydrazone groups is 1. The SMILES string of the molecule is O=C(N/N=C/c1ccccc1OC(F)F)c1cccc(S(=O)(=O)Nc2ccc(Cl)cc2)c1. The molecular formula is C21H16ClF2N3O4S. The average molecular weight is 480 g/mol. The average Bonchev–Trinajstić information content (AvgIpc) is 2.76. The number of alkyl halides is 2. The Morgan fingerprint density at radius 3 is 2.47 bits per heavy atom. The van der Waals surface area contributed by atoms with E-state index < -0.39 is 22.5 Å². The number of nitrogens with zero attached hydrogens (tertiary/aromatic N) is 1. The zero-order chi connectivity index (χ0) is 23.1. The Morgan fingerprint density at radius 1 is 1.03 bits per heavy atom. The van der Waals surface area contributed by atoms with Crippen molar-refractivity contribution in [3.8, 4) is 5.75 Å². The third-order valence-electron chi connectivity index (χ3n) is 4.01. The standard InChI is InChI=1S/C21H16ClF2N3O4S/c22-16-8-10-17(11-9-16)27-32(29,30)18-6-3-5-14(12-18)20(28)26-25-13-15-4-1-2-7-19(15)31-21(23)24/h1-13,21,27H,(H,26,28)/b25-13+. The minimum absolute atomic E-state index is 0.0262. The molecule has 0 atom stereocenters. The van der Waals surface area contributed by atoms with Crippen LogP contribution in [0.25, 0.3) is 0 Å². The van der Waals surface area contributed by atoms with Crippen molar-refractivity contribution in [3.05, 3.63) is 88.9 Å². The van der Waals surface area contributed by atoms with Crippen LogP contribution in [-0.2, 0) is 10.0 Å². The van der Waals surface area contributed by atoms with Gasteiger partial charge in [-0.2, -0.15) is 13.9 Å². The monoisotopic (exact) mass is 479 g/mol. The summed E-state index contributed by atoms with van der Waals surface area (Å²) in [6, 6.07) is 17.3. The highest BCUT2D eigenvalue weighted by Crippen LogP contribution is 2.20. The molecule has 32 heavy (non-hydrogen) atoms. The molecule has 0 aliphatic heterocycles. The summed E-state index contributed by atoms with van der Waals surface area (Å²) in [5.41, 5.74) is 2.77. The topological polar surface area (TPSA) is 96.9 Å². The van der Waals surface area contributed by atoms with Crippen molar-refractivity contribution in [1.29, 1.82) is 0 Å². The van der Waals surface area contributed by atoms with E-state index in [1.165, 1.54) is 66.7 Å². The summed E-state index contributed by atoms with van der Waals surface area (Å²) in [5.74, 6) is -0.807. The van der Waals surface area contributed by atoms with Crippen LogP contribution in [-0.4, -0.2) is 27.2 Å². The fraction of sp³-hybridized carbons (Fsp3) is 0.0476. The summed E-state index contributed by atoms with van der Waals surface area (Å²) >= 11 is 5.79. The number of hydrogen-bond donors (Lipinski definition) is 2. The van der Waals surface area contributed by atoms with Crippen molar-refractivity contribution >= 4 is 39.4 Å². The van der Waals surface area contributed by atoms with Crippen molar-refractivity contribution < 1.29 is 26.7 Å². The van der Waals surface area contributed by atoms with E-state index in [2.05, 4.69) is 20.0 Å². The number of sulfonamides is 1. The highest BCUT2D eigenvalue weighted by molar-refractivity contribution is 7.92. The molecule has 3 aromatic rings. The van der Waals surface area contributed by atoms with Gasteiger partial charge in [-0.15, -0.1) is 0 Å². The molecule has 2 N–H and O–H groups in total. The van der Waals surface area contributed by atoms with Gasteiger partial charge in [0.15, 0.2) is 0 Å². The Bertz CT molecular complexity index is 1240. The predicted octanol–water partition coefficient (Wildman–Crippen LogP) is 4.51. The molecule has 7 nitrogen and oxygen atoms in total. The highest BCUT2D eigenvalue weighted by atomic mass is 35.5. The van der Waals surface area contributed by atoms with Gasteiger partial charge in [0.1, 0.15) is 5.75 Å². The van der Waals surface area contributed by atoms with Gasteiger partial charge in [-0.05, 0) is 54.6 Å². The Morgan fingerprint density at radius 2 is 1.75 bits per heavy atom. The third-order valence-corrected chi connectivity index (χ3v) is 5.64. The van der Waals surface area contributed by atoms with Gasteiger partial charge in [-0.3, -0.25) is 9.52 Å². The number of carbonyl (C=O) groups is 1. The maximum Gasteiger partial charge on any atom is 0.387 e. The van der Waals surface area contributed by atoms with E-state index in [1.807, 2.05) is 0 Å². The fourth-order valence-corrected chi connectivity index (χ4v) is 3.78. The molecule has 3 aromatic carbocycles. The molecule has 11 heteroatoms. The van der Waals surface area contributed by atoms with E-state index >= 15 is 0 Å². The van der Waals surface area contributed by atoms with Crippen LogP contribution in [0.4, 0.5) is 14.5 Å². The smallest absolute Gasteiger partial charge is 0.387 e. The number of anilines is 1. The maximum atomic E-state index is 12.6. The van der Waals surface area contributed by atoms with Crippen LogP contribution in [0.1, 0.15) is 15.9 Å². The van der Waals surface area contributed by atoms with Crippen molar-refractivity contribution in [3.63, 3.8) is 0 Å². The molecule has 1 amide bonds. The minimum atomic E-state index is -3.96. The number of benzene rings is 3. The Hall–Kier alpha value is -3.50. The van der Waals surface area contributed by atoms with E-state index in [0.29, 0.717) is 10.7 Å². The first-order valence-electron chi connectivity index (χ1n) is 9.00. The van der Waals surface area contributed by atoms with Crippen LogP contribution in [0, 0.1) is 0 Å². The first kappa shape index (κ1) is 23.2. The van der Waals surface area contributed by atoms with Gasteiger partial charge in [0, 0.05) is 21.8 Å². The Balaban J connectivity index is 1.72. The summed E-state index contributed by atoms with van der Waals surface area (Å²) in [4.78, 5) is 12.2. The van der Waals surface area contributed by atoms with Gasteiger partial charge in [-0.25, -0.2) is 13.8 Å². The molecule has 0 saturated heterocycles. The number of para-hydroxylation sites is 1. The van der Waals surface area contributed by atoms with Crippen LogP contribution in [0.15, 0.2) is 82.8 Å². The summed E-state index contributed by atoms with van der Waals surface area (Å²) in [6.45, 7) is -3.01. The van der Waals surface area contributed by atoms with Crippen LogP contribution >= 0.6 is 11.6 Å². The molecule has 0 aliphatic rings. The van der Waals surface area contributed by atoms with Gasteiger partial charge >= 0.3 is 6.61 Å². The molecular weight excluding hydrogens is 464 g/mol. The van der Waals surface area contributed by atoms with Gasteiger partial charge in [-0.1, -0.05) is 29.8 Å². The van der Waals surface area contributed by atoms with Crippen molar-refractivity contribution in [2.24, 2.45) is 5.10 Å². The molecule has 0 unspecified atom stereocenters. The Labute approximate surface area is 187 Å². The summed E-state index contributed by atoms with van der Waals surface area (Å²) in [6.07, 6.45) is 1.14. The van der Waals surface area contributed by atoms with Crippen molar-refractivity contribution in [2.75, 3.05) is 4.72 Å². The molecule has 0 fully saturated rings. The Kier molecular flexibility index (Phi) is 7.39. The normalized spacial score (nSPS) is 11.5. The number of hydrogen-bond acceptors (Lipinski definition) is 5. The van der Waals surface area contributed by atoms with E-state index in [9.17, 15) is 22.0 Å². The van der Waals surface area contributed by atoms with Crippen LogP contribution in [0.2, 0.25) is 5.02 Å². The van der Waals surface area contributed by atoms with Gasteiger partial charge < -0.3 is 4.74 Å². The molecule has 0 heterocycles. The lowest BCUT2D eigenvalue weighted by Crippen LogP contribution is -2.19. The second-order valence-electron chi connectivity index (χ2n) is 6.26. The number of ether oxygens (including phenoxy) is 1. The lowest BCUT2D eigenvalue weighted by molar-refractivity contribution is -0.0499. The minimum Gasteiger partial charge on any atom is -0.434 e. The molecule has 0 radical (unpaired) electrons. The van der Waals surface area contributed by atoms with Gasteiger partial charge in [0.25, 0.3) is 15.9 Å². The van der Waals surface area contributed by atoms with Crippen LogP contribution in [0.3, 0.4) is 0 Å². The predicted molar refractivity (Wildman–Crippen MR) is 117 cm³/mol. The summed E-state index contributed by atoms with van der Waals surface area (Å²) in [5, 5.41) is 4.18. The molecule has 166 valence electrons. The van der Waals surface area contributed by atoms with E-state index in [4.69, 9.17) is 11.6 Å². The fourth-order valence-electron chi connectivity index (χ4n) is 2.55.